The van der Waals surface area contributed by atoms with Gasteiger partial charge in [-0.2, -0.15) is 14.9 Å². The number of hydrogen-bond donors (Lipinski definition) is 0. The van der Waals surface area contributed by atoms with Gasteiger partial charge in [0.05, 0.1) is 34.6 Å². The van der Waals surface area contributed by atoms with Crippen LogP contribution in [0.2, 0.25) is 0 Å². The molecule has 3 aromatic carbocycles. The van der Waals surface area contributed by atoms with Crippen molar-refractivity contribution in [3.63, 3.8) is 0 Å². The maximum atomic E-state index is 5.36. The van der Waals surface area contributed by atoms with Crippen LogP contribution in [0.3, 0.4) is 0 Å². The monoisotopic (exact) mass is 563 g/mol. The number of benzene rings is 3. The van der Waals surface area contributed by atoms with Crippen LogP contribution in [0.15, 0.2) is 103 Å². The Bertz CT molecular complexity index is 1570. The largest absolute Gasteiger partial charge is 0.230 e. The predicted octanol–water partition coefficient (Wildman–Crippen LogP) is 9.43. The summed E-state index contributed by atoms with van der Waals surface area (Å²) >= 11 is 0. The minimum absolute atomic E-state index is 0.0243. The highest BCUT2D eigenvalue weighted by Crippen LogP contribution is 2.82. The van der Waals surface area contributed by atoms with E-state index in [9.17, 15) is 0 Å². The molecule has 5 heteroatoms. The molecule has 0 aliphatic heterocycles. The van der Waals surface area contributed by atoms with Gasteiger partial charge in [-0.15, -0.1) is 0 Å². The van der Waals surface area contributed by atoms with Crippen LogP contribution in [0.4, 0.5) is 0 Å². The fourth-order valence-electron chi connectivity index (χ4n) is 7.78. The van der Waals surface area contributed by atoms with E-state index in [2.05, 4.69) is 169 Å². The molecule has 0 aliphatic carbocycles. The van der Waals surface area contributed by atoms with E-state index in [0.29, 0.717) is 0 Å². The first-order valence-corrected chi connectivity index (χ1v) is 16.3. The molecule has 0 unspecified atom stereocenters. The van der Waals surface area contributed by atoms with Crippen molar-refractivity contribution in [3.05, 3.63) is 103 Å². The van der Waals surface area contributed by atoms with Crippen LogP contribution in [-0.2, 0) is 0 Å². The highest BCUT2D eigenvalue weighted by Gasteiger charge is 2.68. The first-order valence-electron chi connectivity index (χ1n) is 14.5. The lowest BCUT2D eigenvalue weighted by molar-refractivity contribution is 0.625. The molecule has 0 spiro atoms. The Kier molecular flexibility index (Phi) is 7.37. The zero-order valence-corrected chi connectivity index (χ0v) is 26.9. The average Bonchev–Trinajstić information content (AvgIpc) is 3.53. The number of nitrogens with zero attached hydrogens (tertiary/aromatic N) is 4. The molecule has 0 atom stereocenters. The Labute approximate surface area is 246 Å². The Morgan fingerprint density at radius 2 is 1.00 bits per heavy atom. The molecule has 0 fully saturated rings. The van der Waals surface area contributed by atoms with Crippen molar-refractivity contribution >= 4 is 12.7 Å². The first-order chi connectivity index (χ1) is 19.3. The maximum Gasteiger partial charge on any atom is 0.187 e. The highest BCUT2D eigenvalue weighted by molar-refractivity contribution is 7.86. The molecule has 5 rings (SSSR count). The standard InChI is InChI=1S/C36H44N4P/c1-34(2,3)41(35(4,5)6,36(7,8)9)30-25-26-37-40(30)33-31(27-19-13-10-14-20-27)38-39(29-23-17-12-18-24-29)32(33)28-21-15-11-16-22-28/h10-26H,1-9H3/q+1. The number of para-hydroxylation sites is 1. The molecule has 212 valence electrons. The molecule has 0 saturated carbocycles. The number of hydrogen-bond acceptors (Lipinski definition) is 2. The van der Waals surface area contributed by atoms with Crippen molar-refractivity contribution in [1.82, 2.24) is 19.6 Å². The third kappa shape index (κ3) is 4.77. The van der Waals surface area contributed by atoms with Gasteiger partial charge >= 0.3 is 0 Å². The van der Waals surface area contributed by atoms with Crippen molar-refractivity contribution in [2.75, 3.05) is 0 Å². The van der Waals surface area contributed by atoms with Gasteiger partial charge in [-0.25, -0.2) is 4.68 Å². The molecular weight excluding hydrogens is 519 g/mol. The summed E-state index contributed by atoms with van der Waals surface area (Å²) in [6.07, 6.45) is 2.00. The van der Waals surface area contributed by atoms with Crippen LogP contribution in [0.25, 0.3) is 33.9 Å². The second-order valence-corrected chi connectivity index (χ2v) is 19.6. The van der Waals surface area contributed by atoms with Gasteiger partial charge in [-0.1, -0.05) is 78.9 Å². The van der Waals surface area contributed by atoms with Crippen LogP contribution < -0.4 is 5.44 Å². The van der Waals surface area contributed by atoms with Crippen LogP contribution in [0.1, 0.15) is 62.3 Å². The van der Waals surface area contributed by atoms with Crippen molar-refractivity contribution in [1.29, 1.82) is 0 Å². The van der Waals surface area contributed by atoms with Gasteiger partial charge in [0.15, 0.2) is 5.44 Å². The molecule has 0 amide bonds. The molecule has 4 nitrogen and oxygen atoms in total. The lowest BCUT2D eigenvalue weighted by Crippen LogP contribution is -2.51. The normalized spacial score (nSPS) is 13.0. The van der Waals surface area contributed by atoms with Gasteiger partial charge in [0.25, 0.3) is 0 Å². The van der Waals surface area contributed by atoms with Gasteiger partial charge in [0.2, 0.25) is 0 Å². The van der Waals surface area contributed by atoms with E-state index >= 15 is 0 Å². The number of rotatable bonds is 5. The van der Waals surface area contributed by atoms with Crippen molar-refractivity contribution in [2.45, 2.75) is 77.8 Å². The molecule has 2 aromatic heterocycles. The van der Waals surface area contributed by atoms with E-state index in [0.717, 1.165) is 33.9 Å². The summed E-state index contributed by atoms with van der Waals surface area (Å²) in [5, 5.41) is 10.6. The van der Waals surface area contributed by atoms with Crippen LogP contribution in [-0.4, -0.2) is 35.0 Å². The van der Waals surface area contributed by atoms with Gasteiger partial charge in [0, 0.05) is 17.2 Å². The smallest absolute Gasteiger partial charge is 0.187 e. The van der Waals surface area contributed by atoms with E-state index in [1.54, 1.807) is 0 Å². The number of aromatic nitrogens is 4. The molecular formula is C36H44N4P+. The summed E-state index contributed by atoms with van der Waals surface area (Å²) in [4.78, 5) is 0. The van der Waals surface area contributed by atoms with Crippen molar-refractivity contribution in [3.8, 4) is 33.9 Å². The summed E-state index contributed by atoms with van der Waals surface area (Å²) in [7, 11) is -1.98. The Morgan fingerprint density at radius 1 is 0.537 bits per heavy atom. The third-order valence-corrected chi connectivity index (χ3v) is 15.2. The lowest BCUT2D eigenvalue weighted by atomic mass is 10.1. The van der Waals surface area contributed by atoms with E-state index in [-0.39, 0.29) is 15.5 Å². The quantitative estimate of drug-likeness (QED) is 0.200. The first kappa shape index (κ1) is 29.0. The van der Waals surface area contributed by atoms with Crippen LogP contribution in [0.5, 0.6) is 0 Å². The van der Waals surface area contributed by atoms with Crippen molar-refractivity contribution in [2.24, 2.45) is 0 Å². The minimum atomic E-state index is -1.98. The molecule has 0 radical (unpaired) electrons. The van der Waals surface area contributed by atoms with E-state index < -0.39 is 7.26 Å². The molecule has 0 saturated heterocycles. The van der Waals surface area contributed by atoms with Gasteiger partial charge in [0.1, 0.15) is 17.1 Å². The lowest BCUT2D eigenvalue weighted by Gasteiger charge is -2.53. The fraction of sp³-hybridized carbons (Fsp3) is 0.333. The molecule has 5 aromatic rings. The fourth-order valence-corrected chi connectivity index (χ4v) is 16.6. The second-order valence-electron chi connectivity index (χ2n) is 13.8. The van der Waals surface area contributed by atoms with Crippen LogP contribution >= 0.6 is 7.26 Å². The zero-order chi connectivity index (χ0) is 29.6. The maximum absolute atomic E-state index is 5.36. The summed E-state index contributed by atoms with van der Waals surface area (Å²) in [6, 6.07) is 33.9. The predicted molar refractivity (Wildman–Crippen MR) is 177 cm³/mol. The summed E-state index contributed by atoms with van der Waals surface area (Å²) in [6.45, 7) is 21.9. The average molecular weight is 564 g/mol. The van der Waals surface area contributed by atoms with Gasteiger partial charge < -0.3 is 0 Å². The van der Waals surface area contributed by atoms with E-state index in [1.807, 2.05) is 6.20 Å². The molecule has 0 bridgehead atoms. The van der Waals surface area contributed by atoms with E-state index in [4.69, 9.17) is 10.2 Å². The third-order valence-electron chi connectivity index (χ3n) is 8.15. The molecule has 0 aliphatic rings. The topological polar surface area (TPSA) is 35.6 Å². The molecule has 2 heterocycles. The molecule has 41 heavy (non-hydrogen) atoms. The Hall–Kier alpha value is -3.49. The SMILES string of the molecule is CC(C)(C)[P+](c1ccnn1-c1c(-c2ccccc2)nn(-c2ccccc2)c1-c1ccccc1)(C(C)(C)C)C(C)(C)C. The Balaban J connectivity index is 1.98. The zero-order valence-electron chi connectivity index (χ0n) is 26.1. The summed E-state index contributed by atoms with van der Waals surface area (Å²) in [5.41, 5.74) is 7.49. The van der Waals surface area contributed by atoms with Crippen molar-refractivity contribution < 1.29 is 0 Å². The summed E-state index contributed by atoms with van der Waals surface area (Å²) < 4.78 is 4.36. The molecule has 0 N–H and O–H groups in total. The second kappa shape index (κ2) is 10.4. The summed E-state index contributed by atoms with van der Waals surface area (Å²) in [5.74, 6) is 0. The van der Waals surface area contributed by atoms with E-state index in [1.165, 1.54) is 5.44 Å². The minimum Gasteiger partial charge on any atom is -0.230 e. The van der Waals surface area contributed by atoms with Gasteiger partial charge in [-0.05, 0) is 74.4 Å². The van der Waals surface area contributed by atoms with Crippen LogP contribution in [0, 0.1) is 0 Å². The Morgan fingerprint density at radius 3 is 1.49 bits per heavy atom. The van der Waals surface area contributed by atoms with Gasteiger partial charge in [-0.3, -0.25) is 0 Å². The highest BCUT2D eigenvalue weighted by atomic mass is 31.2.